The van der Waals surface area contributed by atoms with Crippen LogP contribution in [-0.2, 0) is 10.0 Å². The molecule has 2 aliphatic rings. The lowest BCUT2D eigenvalue weighted by Gasteiger charge is -2.17. The number of aryl methyl sites for hydroxylation is 1. The van der Waals surface area contributed by atoms with Gasteiger partial charge in [-0.05, 0) is 25.0 Å². The third-order valence-electron chi connectivity index (χ3n) is 3.48. The topological polar surface area (TPSA) is 81.9 Å². The molecular weight excluding hydrogens is 268 g/mol. The van der Waals surface area contributed by atoms with Crippen LogP contribution in [0.5, 0.6) is 11.5 Å². The van der Waals surface area contributed by atoms with E-state index in [1.165, 1.54) is 10.4 Å². The van der Waals surface area contributed by atoms with Gasteiger partial charge in [-0.15, -0.1) is 0 Å². The van der Waals surface area contributed by atoms with Crippen LogP contribution in [-0.4, -0.2) is 38.6 Å². The second kappa shape index (κ2) is 4.36. The molecule has 0 aliphatic carbocycles. The van der Waals surface area contributed by atoms with E-state index in [1.807, 2.05) is 0 Å². The molecule has 0 aromatic heterocycles. The average Bonchev–Trinajstić information content (AvgIpc) is 2.96. The van der Waals surface area contributed by atoms with Gasteiger partial charge in [0.2, 0.25) is 16.8 Å². The fourth-order valence-corrected chi connectivity index (χ4v) is 4.15. The largest absolute Gasteiger partial charge is 0.454 e. The van der Waals surface area contributed by atoms with E-state index in [-0.39, 0.29) is 17.7 Å². The van der Waals surface area contributed by atoms with E-state index in [2.05, 4.69) is 0 Å². The number of fused-ring (bicyclic) bond motifs is 1. The van der Waals surface area contributed by atoms with Crippen LogP contribution in [0, 0.1) is 6.92 Å². The van der Waals surface area contributed by atoms with Crippen LogP contribution in [0.1, 0.15) is 12.0 Å². The van der Waals surface area contributed by atoms with Crippen LogP contribution in [0.15, 0.2) is 17.0 Å². The molecule has 0 bridgehead atoms. The Balaban J connectivity index is 2.02. The highest BCUT2D eigenvalue weighted by Gasteiger charge is 2.33. The van der Waals surface area contributed by atoms with Crippen molar-refractivity contribution in [3.05, 3.63) is 17.7 Å². The van der Waals surface area contributed by atoms with Crippen LogP contribution in [0.25, 0.3) is 0 Å². The number of sulfonamides is 1. The Hall–Kier alpha value is -1.31. The summed E-state index contributed by atoms with van der Waals surface area (Å²) in [6.07, 6.45) is 0.697. The van der Waals surface area contributed by atoms with Crippen LogP contribution in [0.2, 0.25) is 0 Å². The van der Waals surface area contributed by atoms with Crippen LogP contribution in [0.3, 0.4) is 0 Å². The molecule has 1 atom stereocenters. The Morgan fingerprint density at radius 3 is 2.63 bits per heavy atom. The minimum atomic E-state index is -3.51. The van der Waals surface area contributed by atoms with Crippen molar-refractivity contribution in [3.63, 3.8) is 0 Å². The first-order valence-electron chi connectivity index (χ1n) is 6.14. The molecule has 2 heterocycles. The lowest BCUT2D eigenvalue weighted by molar-refractivity contribution is 0.174. The molecule has 1 aromatic carbocycles. The van der Waals surface area contributed by atoms with Crippen molar-refractivity contribution in [2.45, 2.75) is 24.3 Å². The van der Waals surface area contributed by atoms with E-state index >= 15 is 0 Å². The molecule has 0 unspecified atom stereocenters. The van der Waals surface area contributed by atoms with Gasteiger partial charge < -0.3 is 15.2 Å². The Labute approximate surface area is 112 Å². The second-order valence-electron chi connectivity index (χ2n) is 4.88. The molecule has 1 saturated heterocycles. The summed E-state index contributed by atoms with van der Waals surface area (Å²) in [5, 5.41) is 0. The summed E-state index contributed by atoms with van der Waals surface area (Å²) in [6, 6.07) is 3.16. The van der Waals surface area contributed by atoms with Crippen molar-refractivity contribution in [2.24, 2.45) is 5.73 Å². The minimum Gasteiger partial charge on any atom is -0.454 e. The molecule has 3 rings (SSSR count). The first-order chi connectivity index (χ1) is 8.98. The molecule has 0 amide bonds. The first kappa shape index (κ1) is 12.7. The van der Waals surface area contributed by atoms with E-state index in [0.29, 0.717) is 36.6 Å². The smallest absolute Gasteiger partial charge is 0.243 e. The predicted octanol–water partition coefficient (Wildman–Crippen LogP) is 0.445. The van der Waals surface area contributed by atoms with Gasteiger partial charge in [0.05, 0.1) is 4.90 Å². The predicted molar refractivity (Wildman–Crippen MR) is 68.7 cm³/mol. The van der Waals surface area contributed by atoms with Crippen molar-refractivity contribution in [1.82, 2.24) is 4.31 Å². The SMILES string of the molecule is Cc1cc2c(cc1S(=O)(=O)N1CC[C@H](N)C1)OCO2. The van der Waals surface area contributed by atoms with Gasteiger partial charge in [0, 0.05) is 25.2 Å². The van der Waals surface area contributed by atoms with Gasteiger partial charge in [0.15, 0.2) is 11.5 Å². The molecule has 1 fully saturated rings. The number of hydrogen-bond acceptors (Lipinski definition) is 5. The Morgan fingerprint density at radius 2 is 2.00 bits per heavy atom. The number of nitrogens with two attached hydrogens (primary N) is 1. The number of nitrogens with zero attached hydrogens (tertiary/aromatic N) is 1. The number of hydrogen-bond donors (Lipinski definition) is 1. The van der Waals surface area contributed by atoms with E-state index < -0.39 is 10.0 Å². The monoisotopic (exact) mass is 284 g/mol. The molecule has 2 aliphatic heterocycles. The Kier molecular flexibility index (Phi) is 2.92. The maximum atomic E-state index is 12.6. The third-order valence-corrected chi connectivity index (χ3v) is 5.48. The van der Waals surface area contributed by atoms with Crippen molar-refractivity contribution in [2.75, 3.05) is 19.9 Å². The van der Waals surface area contributed by atoms with Crippen LogP contribution in [0.4, 0.5) is 0 Å². The summed E-state index contributed by atoms with van der Waals surface area (Å²) in [5.41, 5.74) is 6.43. The Morgan fingerprint density at radius 1 is 1.32 bits per heavy atom. The highest BCUT2D eigenvalue weighted by Crippen LogP contribution is 2.37. The number of rotatable bonds is 2. The molecular formula is C12H16N2O4S. The summed E-state index contributed by atoms with van der Waals surface area (Å²) >= 11 is 0. The van der Waals surface area contributed by atoms with Gasteiger partial charge in [-0.1, -0.05) is 0 Å². The molecule has 2 N–H and O–H groups in total. The molecule has 0 radical (unpaired) electrons. The normalized spacial score (nSPS) is 22.9. The fraction of sp³-hybridized carbons (Fsp3) is 0.500. The lowest BCUT2D eigenvalue weighted by Crippen LogP contribution is -2.32. The molecule has 1 aromatic rings. The molecule has 104 valence electrons. The van der Waals surface area contributed by atoms with Gasteiger partial charge in [0.25, 0.3) is 0 Å². The van der Waals surface area contributed by atoms with E-state index in [4.69, 9.17) is 15.2 Å². The summed E-state index contributed by atoms with van der Waals surface area (Å²) < 4.78 is 37.1. The number of ether oxygens (including phenoxy) is 2. The Bertz CT molecular complexity index is 614. The summed E-state index contributed by atoms with van der Waals surface area (Å²) in [4.78, 5) is 0.269. The first-order valence-corrected chi connectivity index (χ1v) is 7.58. The van der Waals surface area contributed by atoms with Gasteiger partial charge in [0.1, 0.15) is 0 Å². The van der Waals surface area contributed by atoms with Crippen molar-refractivity contribution in [1.29, 1.82) is 0 Å². The molecule has 7 heteroatoms. The number of benzene rings is 1. The van der Waals surface area contributed by atoms with E-state index in [9.17, 15) is 8.42 Å². The zero-order valence-electron chi connectivity index (χ0n) is 10.6. The van der Waals surface area contributed by atoms with Crippen molar-refractivity contribution < 1.29 is 17.9 Å². The lowest BCUT2D eigenvalue weighted by atomic mass is 10.2. The molecule has 19 heavy (non-hydrogen) atoms. The maximum Gasteiger partial charge on any atom is 0.243 e. The highest BCUT2D eigenvalue weighted by atomic mass is 32.2. The molecule has 6 nitrogen and oxygen atoms in total. The standard InChI is InChI=1S/C12H16N2O4S/c1-8-4-10-11(18-7-17-10)5-12(8)19(15,16)14-3-2-9(13)6-14/h4-5,9H,2-3,6-7,13H2,1H3/t9-/m0/s1. The maximum absolute atomic E-state index is 12.6. The van der Waals surface area contributed by atoms with E-state index in [1.54, 1.807) is 13.0 Å². The average molecular weight is 284 g/mol. The van der Waals surface area contributed by atoms with Crippen LogP contribution >= 0.6 is 0 Å². The van der Waals surface area contributed by atoms with Gasteiger partial charge in [-0.2, -0.15) is 4.31 Å². The third kappa shape index (κ3) is 2.07. The highest BCUT2D eigenvalue weighted by molar-refractivity contribution is 7.89. The van der Waals surface area contributed by atoms with Crippen molar-refractivity contribution in [3.8, 4) is 11.5 Å². The second-order valence-corrected chi connectivity index (χ2v) is 6.79. The molecule has 0 saturated carbocycles. The van der Waals surface area contributed by atoms with Gasteiger partial charge in [-0.25, -0.2) is 8.42 Å². The zero-order chi connectivity index (χ0) is 13.6. The summed E-state index contributed by atoms with van der Waals surface area (Å²) in [7, 11) is -3.51. The minimum absolute atomic E-state index is 0.0795. The van der Waals surface area contributed by atoms with Gasteiger partial charge in [-0.3, -0.25) is 0 Å². The molecule has 0 spiro atoms. The van der Waals surface area contributed by atoms with Crippen LogP contribution < -0.4 is 15.2 Å². The van der Waals surface area contributed by atoms with E-state index in [0.717, 1.165) is 0 Å². The zero-order valence-corrected chi connectivity index (χ0v) is 11.4. The fourth-order valence-electron chi connectivity index (χ4n) is 2.41. The van der Waals surface area contributed by atoms with Gasteiger partial charge >= 0.3 is 0 Å². The summed E-state index contributed by atoms with van der Waals surface area (Å²) in [6.45, 7) is 2.73. The summed E-state index contributed by atoms with van der Waals surface area (Å²) in [5.74, 6) is 1.07. The van der Waals surface area contributed by atoms with Crippen molar-refractivity contribution >= 4 is 10.0 Å². The quantitative estimate of drug-likeness (QED) is 0.852.